The minimum absolute atomic E-state index is 0.109. The van der Waals surface area contributed by atoms with Gasteiger partial charge >= 0.3 is 0 Å². The summed E-state index contributed by atoms with van der Waals surface area (Å²) in [5.41, 5.74) is 1.43. The summed E-state index contributed by atoms with van der Waals surface area (Å²) in [6, 6.07) is 11.8. The molecule has 5 heteroatoms. The first-order chi connectivity index (χ1) is 11.0. The second kappa shape index (κ2) is 7.65. The molecule has 0 aromatic heterocycles. The van der Waals surface area contributed by atoms with Crippen LogP contribution in [0.15, 0.2) is 42.5 Å². The van der Waals surface area contributed by atoms with Gasteiger partial charge in [-0.3, -0.25) is 4.79 Å². The summed E-state index contributed by atoms with van der Waals surface area (Å²) in [6.45, 7) is 2.14. The Morgan fingerprint density at radius 1 is 1.13 bits per heavy atom. The zero-order chi connectivity index (χ0) is 16.8. The first-order valence-corrected chi connectivity index (χ1v) is 7.40. The third-order valence-corrected chi connectivity index (χ3v) is 3.54. The zero-order valence-corrected chi connectivity index (χ0v) is 13.2. The number of benzene rings is 2. The van der Waals surface area contributed by atoms with Gasteiger partial charge < -0.3 is 20.3 Å². The Hall–Kier alpha value is -2.53. The molecule has 0 aliphatic heterocycles. The standard InChI is InChI=1S/C18H21NO4/c1-12(7-13-3-5-17(23-2)6-4-13)19-11-18(22)14-8-15(20)10-16(21)9-14/h3-6,8-10,12,19-21H,7,11H2,1-2H3. The molecule has 122 valence electrons. The summed E-state index contributed by atoms with van der Waals surface area (Å²) in [5.74, 6) is 0.380. The van der Waals surface area contributed by atoms with Crippen molar-refractivity contribution in [2.75, 3.05) is 13.7 Å². The molecule has 0 saturated carbocycles. The van der Waals surface area contributed by atoms with E-state index >= 15 is 0 Å². The van der Waals surface area contributed by atoms with Crippen molar-refractivity contribution in [1.29, 1.82) is 0 Å². The fourth-order valence-electron chi connectivity index (χ4n) is 2.31. The van der Waals surface area contributed by atoms with Crippen molar-refractivity contribution in [2.24, 2.45) is 0 Å². The molecular formula is C18H21NO4. The number of phenolic OH excluding ortho intramolecular Hbond substituents is 2. The summed E-state index contributed by atoms with van der Waals surface area (Å²) in [5, 5.41) is 22.0. The van der Waals surface area contributed by atoms with Crippen LogP contribution in [0.4, 0.5) is 0 Å². The number of nitrogens with one attached hydrogen (secondary N) is 1. The minimum atomic E-state index is -0.183. The van der Waals surface area contributed by atoms with Crippen LogP contribution in [0.3, 0.4) is 0 Å². The van der Waals surface area contributed by atoms with Gasteiger partial charge in [0, 0.05) is 17.7 Å². The molecule has 0 aliphatic carbocycles. The second-order valence-corrected chi connectivity index (χ2v) is 5.50. The first kappa shape index (κ1) is 16.8. The smallest absolute Gasteiger partial charge is 0.176 e. The van der Waals surface area contributed by atoms with Gasteiger partial charge in [0.05, 0.1) is 13.7 Å². The number of Topliss-reactive ketones (excluding diaryl/α,β-unsaturated/α-hetero) is 1. The summed E-state index contributed by atoms with van der Waals surface area (Å²) in [7, 11) is 1.63. The van der Waals surface area contributed by atoms with Crippen molar-refractivity contribution < 1.29 is 19.7 Å². The quantitative estimate of drug-likeness (QED) is 0.684. The molecule has 1 atom stereocenters. The van der Waals surface area contributed by atoms with Crippen molar-refractivity contribution in [2.45, 2.75) is 19.4 Å². The summed E-state index contributed by atoms with van der Waals surface area (Å²) < 4.78 is 5.12. The summed E-state index contributed by atoms with van der Waals surface area (Å²) in [4.78, 5) is 12.1. The third kappa shape index (κ3) is 5.00. The zero-order valence-electron chi connectivity index (χ0n) is 13.2. The van der Waals surface area contributed by atoms with Crippen LogP contribution in [0.25, 0.3) is 0 Å². The number of aromatic hydroxyl groups is 2. The molecule has 0 heterocycles. The van der Waals surface area contributed by atoms with Crippen LogP contribution in [0.1, 0.15) is 22.8 Å². The summed E-state index contributed by atoms with van der Waals surface area (Å²) in [6.07, 6.45) is 0.780. The van der Waals surface area contributed by atoms with Crippen LogP contribution in [0.2, 0.25) is 0 Å². The predicted molar refractivity (Wildman–Crippen MR) is 88.3 cm³/mol. The Morgan fingerprint density at radius 3 is 2.30 bits per heavy atom. The van der Waals surface area contributed by atoms with Crippen LogP contribution < -0.4 is 10.1 Å². The monoisotopic (exact) mass is 315 g/mol. The number of carbonyl (C=O) groups excluding carboxylic acids is 1. The molecule has 2 rings (SSSR count). The Bertz CT molecular complexity index is 647. The van der Waals surface area contributed by atoms with Crippen molar-refractivity contribution in [3.8, 4) is 17.2 Å². The molecule has 0 bridgehead atoms. The number of phenols is 2. The maximum absolute atomic E-state index is 12.1. The Morgan fingerprint density at radius 2 is 1.74 bits per heavy atom. The Balaban J connectivity index is 1.87. The molecule has 23 heavy (non-hydrogen) atoms. The van der Waals surface area contributed by atoms with Crippen LogP contribution in [0.5, 0.6) is 17.2 Å². The van der Waals surface area contributed by atoms with E-state index in [0.717, 1.165) is 17.7 Å². The van der Waals surface area contributed by atoms with E-state index in [9.17, 15) is 15.0 Å². The Labute approximate surface area is 135 Å². The van der Waals surface area contributed by atoms with E-state index in [-0.39, 0.29) is 35.4 Å². The SMILES string of the molecule is COc1ccc(CC(C)NCC(=O)c2cc(O)cc(O)c2)cc1. The molecule has 0 radical (unpaired) electrons. The molecular weight excluding hydrogens is 294 g/mol. The van der Waals surface area contributed by atoms with E-state index in [2.05, 4.69) is 5.32 Å². The fourth-order valence-corrected chi connectivity index (χ4v) is 2.31. The predicted octanol–water partition coefficient (Wildman–Crippen LogP) is 2.51. The van der Waals surface area contributed by atoms with Gasteiger partial charge in [-0.05, 0) is 43.2 Å². The second-order valence-electron chi connectivity index (χ2n) is 5.50. The highest BCUT2D eigenvalue weighted by Gasteiger charge is 2.11. The van der Waals surface area contributed by atoms with E-state index < -0.39 is 0 Å². The largest absolute Gasteiger partial charge is 0.508 e. The van der Waals surface area contributed by atoms with Gasteiger partial charge in [0.1, 0.15) is 17.2 Å². The van der Waals surface area contributed by atoms with Crippen molar-refractivity contribution in [1.82, 2.24) is 5.32 Å². The lowest BCUT2D eigenvalue weighted by Gasteiger charge is -2.14. The average molecular weight is 315 g/mol. The van der Waals surface area contributed by atoms with Crippen molar-refractivity contribution in [3.63, 3.8) is 0 Å². The first-order valence-electron chi connectivity index (χ1n) is 7.40. The molecule has 1 unspecified atom stereocenters. The lowest BCUT2D eigenvalue weighted by Crippen LogP contribution is -2.33. The third-order valence-electron chi connectivity index (χ3n) is 3.54. The van der Waals surface area contributed by atoms with Crippen LogP contribution in [0, 0.1) is 0 Å². The molecule has 5 nitrogen and oxygen atoms in total. The molecule has 0 amide bonds. The normalized spacial score (nSPS) is 11.9. The van der Waals surface area contributed by atoms with Crippen LogP contribution in [-0.4, -0.2) is 35.7 Å². The van der Waals surface area contributed by atoms with Crippen molar-refractivity contribution in [3.05, 3.63) is 53.6 Å². The highest BCUT2D eigenvalue weighted by molar-refractivity contribution is 5.98. The van der Waals surface area contributed by atoms with E-state index in [1.165, 1.54) is 18.2 Å². The molecule has 0 saturated heterocycles. The number of ketones is 1. The lowest BCUT2D eigenvalue weighted by molar-refractivity contribution is 0.0987. The molecule has 0 spiro atoms. The lowest BCUT2D eigenvalue weighted by atomic mass is 10.1. The molecule has 0 fully saturated rings. The van der Waals surface area contributed by atoms with Gasteiger partial charge in [-0.25, -0.2) is 0 Å². The number of ether oxygens (including phenoxy) is 1. The van der Waals surface area contributed by atoms with Gasteiger partial charge in [0.15, 0.2) is 5.78 Å². The molecule has 2 aromatic carbocycles. The van der Waals surface area contributed by atoms with E-state index in [4.69, 9.17) is 4.74 Å². The molecule has 0 aliphatic rings. The maximum Gasteiger partial charge on any atom is 0.176 e. The molecule has 3 N–H and O–H groups in total. The number of methoxy groups -OCH3 is 1. The van der Waals surface area contributed by atoms with E-state index in [1.54, 1.807) is 7.11 Å². The number of hydrogen-bond donors (Lipinski definition) is 3. The minimum Gasteiger partial charge on any atom is -0.508 e. The van der Waals surface area contributed by atoms with Gasteiger partial charge in [0.2, 0.25) is 0 Å². The number of hydrogen-bond acceptors (Lipinski definition) is 5. The summed E-state index contributed by atoms with van der Waals surface area (Å²) >= 11 is 0. The van der Waals surface area contributed by atoms with Gasteiger partial charge in [-0.2, -0.15) is 0 Å². The van der Waals surface area contributed by atoms with Crippen LogP contribution >= 0.6 is 0 Å². The van der Waals surface area contributed by atoms with Crippen molar-refractivity contribution >= 4 is 5.78 Å². The molecule has 2 aromatic rings. The maximum atomic E-state index is 12.1. The number of rotatable bonds is 7. The van der Waals surface area contributed by atoms with Gasteiger partial charge in [-0.15, -0.1) is 0 Å². The average Bonchev–Trinajstić information content (AvgIpc) is 2.52. The van der Waals surface area contributed by atoms with Gasteiger partial charge in [-0.1, -0.05) is 12.1 Å². The van der Waals surface area contributed by atoms with E-state index in [0.29, 0.717) is 0 Å². The fraction of sp³-hybridized carbons (Fsp3) is 0.278. The van der Waals surface area contributed by atoms with Gasteiger partial charge in [0.25, 0.3) is 0 Å². The highest BCUT2D eigenvalue weighted by atomic mass is 16.5. The van der Waals surface area contributed by atoms with Crippen LogP contribution in [-0.2, 0) is 6.42 Å². The Kier molecular flexibility index (Phi) is 5.60. The van der Waals surface area contributed by atoms with E-state index in [1.807, 2.05) is 31.2 Å². The highest BCUT2D eigenvalue weighted by Crippen LogP contribution is 2.20. The topological polar surface area (TPSA) is 78.8 Å². The number of carbonyl (C=O) groups is 1.